The van der Waals surface area contributed by atoms with E-state index in [1.165, 1.54) is 19.1 Å². The predicted molar refractivity (Wildman–Crippen MR) is 79.1 cm³/mol. The molecule has 0 spiro atoms. The van der Waals surface area contributed by atoms with E-state index in [1.807, 2.05) is 0 Å². The highest BCUT2D eigenvalue weighted by Gasteiger charge is 2.29. The Morgan fingerprint density at radius 2 is 2.10 bits per heavy atom. The molecule has 0 aromatic carbocycles. The fourth-order valence-corrected chi connectivity index (χ4v) is 2.30. The average Bonchev–Trinajstić information content (AvgIpc) is 2.44. The number of hydrogen-bond donors (Lipinski definition) is 2. The third kappa shape index (κ3) is 3.96. The lowest BCUT2D eigenvalue weighted by molar-refractivity contribution is 0.0420. The maximum Gasteiger partial charge on any atom is 0.259 e. The Morgan fingerprint density at radius 3 is 2.67 bits per heavy atom. The number of piperidine rings is 1. The Morgan fingerprint density at radius 1 is 1.38 bits per heavy atom. The van der Waals surface area contributed by atoms with Gasteiger partial charge in [0.25, 0.3) is 5.91 Å². The molecule has 1 fully saturated rings. The molecule has 1 aromatic rings. The Balaban J connectivity index is 0.00000220. The average molecular weight is 318 g/mol. The van der Waals surface area contributed by atoms with Crippen molar-refractivity contribution in [3.8, 4) is 11.8 Å². The van der Waals surface area contributed by atoms with Crippen LogP contribution in [-0.4, -0.2) is 60.4 Å². The summed E-state index contributed by atoms with van der Waals surface area (Å²) in [6, 6.07) is 2.97. The lowest BCUT2D eigenvalue weighted by Crippen LogP contribution is -2.51. The van der Waals surface area contributed by atoms with Crippen molar-refractivity contribution in [1.29, 1.82) is 0 Å². The first-order valence-corrected chi connectivity index (χ1v) is 6.37. The van der Waals surface area contributed by atoms with E-state index in [4.69, 9.17) is 15.2 Å². The molecular weight excluding hydrogens is 298 g/mol. The summed E-state index contributed by atoms with van der Waals surface area (Å²) in [7, 11) is 2.93. The van der Waals surface area contributed by atoms with E-state index >= 15 is 0 Å². The topological polar surface area (TPSA) is 97.9 Å². The van der Waals surface area contributed by atoms with Crippen molar-refractivity contribution in [2.24, 2.45) is 5.73 Å². The minimum absolute atomic E-state index is 0. The highest BCUT2D eigenvalue weighted by molar-refractivity contribution is 5.96. The number of pyridine rings is 1. The summed E-state index contributed by atoms with van der Waals surface area (Å²) in [6.07, 6.45) is -0.0955. The van der Waals surface area contributed by atoms with Crippen molar-refractivity contribution in [1.82, 2.24) is 9.88 Å². The maximum atomic E-state index is 12.5. The number of amides is 1. The molecule has 1 aromatic heterocycles. The minimum Gasteiger partial charge on any atom is -0.481 e. The molecule has 2 heterocycles. The van der Waals surface area contributed by atoms with Crippen molar-refractivity contribution in [2.75, 3.05) is 27.3 Å². The zero-order chi connectivity index (χ0) is 14.7. The third-order valence-electron chi connectivity index (χ3n) is 3.22. The summed E-state index contributed by atoms with van der Waals surface area (Å²) in [4.78, 5) is 18.1. The molecule has 3 N–H and O–H groups in total. The van der Waals surface area contributed by atoms with Gasteiger partial charge in [0.05, 0.1) is 20.3 Å². The largest absolute Gasteiger partial charge is 0.481 e. The van der Waals surface area contributed by atoms with Crippen LogP contribution in [0.4, 0.5) is 0 Å². The Kier molecular flexibility index (Phi) is 6.19. The second-order valence-electron chi connectivity index (χ2n) is 4.77. The molecule has 0 bridgehead atoms. The normalized spacial score (nSPS) is 21.4. The highest BCUT2D eigenvalue weighted by Crippen LogP contribution is 2.22. The number of likely N-dealkylation sites (tertiary alicyclic amines) is 1. The van der Waals surface area contributed by atoms with Gasteiger partial charge < -0.3 is 25.2 Å². The van der Waals surface area contributed by atoms with Crippen LogP contribution in [0, 0.1) is 0 Å². The van der Waals surface area contributed by atoms with Gasteiger partial charge in [-0.3, -0.25) is 4.79 Å². The van der Waals surface area contributed by atoms with Crippen molar-refractivity contribution in [3.63, 3.8) is 0 Å². The molecule has 1 aliphatic heterocycles. The number of ether oxygens (including phenoxy) is 2. The number of aliphatic hydroxyl groups excluding tert-OH is 1. The molecule has 1 aliphatic rings. The van der Waals surface area contributed by atoms with E-state index in [0.717, 1.165) is 0 Å². The van der Waals surface area contributed by atoms with Crippen LogP contribution in [-0.2, 0) is 0 Å². The zero-order valence-electron chi connectivity index (χ0n) is 12.0. The molecule has 118 valence electrons. The van der Waals surface area contributed by atoms with Gasteiger partial charge in [0.2, 0.25) is 11.8 Å². The molecule has 0 aliphatic carbocycles. The zero-order valence-corrected chi connectivity index (χ0v) is 12.8. The molecule has 21 heavy (non-hydrogen) atoms. The molecule has 2 atom stereocenters. The van der Waals surface area contributed by atoms with Gasteiger partial charge in [-0.15, -0.1) is 12.4 Å². The Hall–Kier alpha value is -1.57. The van der Waals surface area contributed by atoms with Crippen LogP contribution in [0.1, 0.15) is 16.8 Å². The van der Waals surface area contributed by atoms with Crippen LogP contribution in [0.3, 0.4) is 0 Å². The van der Waals surface area contributed by atoms with Gasteiger partial charge >= 0.3 is 0 Å². The predicted octanol–water partition coefficient (Wildman–Crippen LogP) is 0.0547. The van der Waals surface area contributed by atoms with Gasteiger partial charge in [0.15, 0.2) is 0 Å². The van der Waals surface area contributed by atoms with Crippen molar-refractivity contribution >= 4 is 18.3 Å². The van der Waals surface area contributed by atoms with Gasteiger partial charge in [0, 0.05) is 25.2 Å². The van der Waals surface area contributed by atoms with Gasteiger partial charge in [-0.1, -0.05) is 0 Å². The fourth-order valence-electron chi connectivity index (χ4n) is 2.30. The number of halogens is 1. The van der Waals surface area contributed by atoms with Crippen LogP contribution >= 0.6 is 12.4 Å². The van der Waals surface area contributed by atoms with E-state index in [0.29, 0.717) is 24.4 Å². The highest BCUT2D eigenvalue weighted by atomic mass is 35.5. The van der Waals surface area contributed by atoms with Crippen molar-refractivity contribution < 1.29 is 19.4 Å². The first-order valence-electron chi connectivity index (χ1n) is 6.37. The fraction of sp³-hybridized carbons (Fsp3) is 0.538. The minimum atomic E-state index is -0.597. The first kappa shape index (κ1) is 17.5. The smallest absolute Gasteiger partial charge is 0.259 e. The number of methoxy groups -OCH3 is 2. The van der Waals surface area contributed by atoms with Gasteiger partial charge in [0.1, 0.15) is 5.56 Å². The Bertz CT molecular complexity index is 490. The van der Waals surface area contributed by atoms with Crippen molar-refractivity contribution in [2.45, 2.75) is 18.6 Å². The molecule has 0 radical (unpaired) electrons. The molecule has 7 nitrogen and oxygen atoms in total. The number of hydrogen-bond acceptors (Lipinski definition) is 6. The number of nitrogens with zero attached hydrogens (tertiary/aromatic N) is 2. The molecule has 1 saturated heterocycles. The molecule has 0 saturated carbocycles. The summed E-state index contributed by atoms with van der Waals surface area (Å²) >= 11 is 0. The van der Waals surface area contributed by atoms with Crippen LogP contribution in [0.15, 0.2) is 12.1 Å². The standard InChI is InChI=1S/C13H19N3O4.ClH/c1-19-11-4-3-10(12(15-11)20-2)13(18)16-6-8(14)5-9(17)7-16;/h3-4,8-9,17H,5-7,14H2,1-2H3;1H/t8-,9+;/m0./s1. The van der Waals surface area contributed by atoms with Gasteiger partial charge in [-0.25, -0.2) is 0 Å². The van der Waals surface area contributed by atoms with E-state index in [-0.39, 0.29) is 36.8 Å². The number of carbonyl (C=O) groups is 1. The third-order valence-corrected chi connectivity index (χ3v) is 3.22. The summed E-state index contributed by atoms with van der Waals surface area (Å²) in [5, 5.41) is 9.71. The number of rotatable bonds is 3. The van der Waals surface area contributed by atoms with E-state index in [2.05, 4.69) is 4.98 Å². The van der Waals surface area contributed by atoms with Crippen LogP contribution in [0.5, 0.6) is 11.8 Å². The van der Waals surface area contributed by atoms with Gasteiger partial charge in [-0.05, 0) is 12.5 Å². The number of carbonyl (C=O) groups excluding carboxylic acids is 1. The summed E-state index contributed by atoms with van der Waals surface area (Å²) in [6.45, 7) is 0.673. The number of β-amino-alcohol motifs (C(OH)–C–C–N with tert-alkyl or cyclic N) is 1. The SMILES string of the molecule is COc1ccc(C(=O)N2C[C@@H](N)C[C@@H](O)C2)c(OC)n1.Cl. The summed E-state index contributed by atoms with van der Waals surface area (Å²) < 4.78 is 10.1. The van der Waals surface area contributed by atoms with E-state index < -0.39 is 6.10 Å². The van der Waals surface area contributed by atoms with E-state index in [9.17, 15) is 9.90 Å². The quantitative estimate of drug-likeness (QED) is 0.818. The summed E-state index contributed by atoms with van der Waals surface area (Å²) in [5.41, 5.74) is 6.16. The molecule has 0 unspecified atom stereocenters. The maximum absolute atomic E-state index is 12.5. The molecule has 8 heteroatoms. The summed E-state index contributed by atoms with van der Waals surface area (Å²) in [5.74, 6) is 0.308. The van der Waals surface area contributed by atoms with E-state index in [1.54, 1.807) is 12.1 Å². The Labute approximate surface area is 129 Å². The number of aliphatic hydroxyl groups is 1. The second kappa shape index (κ2) is 7.44. The lowest BCUT2D eigenvalue weighted by Gasteiger charge is -2.34. The number of aromatic nitrogens is 1. The molecule has 2 rings (SSSR count). The van der Waals surface area contributed by atoms with Crippen molar-refractivity contribution in [3.05, 3.63) is 17.7 Å². The first-order chi connectivity index (χ1) is 9.55. The van der Waals surface area contributed by atoms with Crippen LogP contribution < -0.4 is 15.2 Å². The van der Waals surface area contributed by atoms with Crippen LogP contribution in [0.25, 0.3) is 0 Å². The van der Waals surface area contributed by atoms with Crippen LogP contribution in [0.2, 0.25) is 0 Å². The molecular formula is C13H20ClN3O4. The second-order valence-corrected chi connectivity index (χ2v) is 4.77. The molecule has 1 amide bonds. The lowest BCUT2D eigenvalue weighted by atomic mass is 10.0. The monoisotopic (exact) mass is 317 g/mol. The number of nitrogens with two attached hydrogens (primary N) is 1. The van der Waals surface area contributed by atoms with Gasteiger partial charge in [-0.2, -0.15) is 4.98 Å².